The SMILES string of the molecule is COc1cc2c(c(OC)c1)[C@@H](C=O)c1cc(OC)cc(OC)c1C(c1ccc(OCc3ccccc3)cc1)PC2. The molecule has 0 saturated carbocycles. The molecule has 4 aromatic carbocycles. The molecular formula is C33H33O6P. The van der Waals surface area contributed by atoms with Crippen LogP contribution in [0.2, 0.25) is 0 Å². The molecule has 0 spiro atoms. The number of fused-ring (bicyclic) bond motifs is 2. The Balaban J connectivity index is 1.60. The van der Waals surface area contributed by atoms with Crippen molar-refractivity contribution in [3.05, 3.63) is 112 Å². The molecule has 0 fully saturated rings. The van der Waals surface area contributed by atoms with Gasteiger partial charge in [-0.1, -0.05) is 42.5 Å². The summed E-state index contributed by atoms with van der Waals surface area (Å²) in [5.41, 5.74) is 5.95. The molecule has 3 atom stereocenters. The van der Waals surface area contributed by atoms with E-state index in [0.29, 0.717) is 38.2 Å². The molecule has 40 heavy (non-hydrogen) atoms. The van der Waals surface area contributed by atoms with Crippen LogP contribution in [-0.2, 0) is 17.6 Å². The molecule has 1 heterocycles. The van der Waals surface area contributed by atoms with Gasteiger partial charge in [-0.3, -0.25) is 0 Å². The summed E-state index contributed by atoms with van der Waals surface area (Å²) >= 11 is 0. The first kappa shape index (κ1) is 27.5. The Morgan fingerprint density at radius 2 is 1.40 bits per heavy atom. The van der Waals surface area contributed by atoms with Gasteiger partial charge in [-0.2, -0.15) is 0 Å². The Kier molecular flexibility index (Phi) is 8.57. The van der Waals surface area contributed by atoms with Gasteiger partial charge in [0.15, 0.2) is 0 Å². The van der Waals surface area contributed by atoms with Crippen molar-refractivity contribution in [3.63, 3.8) is 0 Å². The van der Waals surface area contributed by atoms with E-state index >= 15 is 0 Å². The van der Waals surface area contributed by atoms with E-state index in [1.807, 2.05) is 66.7 Å². The lowest BCUT2D eigenvalue weighted by atomic mass is 9.83. The monoisotopic (exact) mass is 556 g/mol. The zero-order valence-corrected chi connectivity index (χ0v) is 24.1. The predicted octanol–water partition coefficient (Wildman–Crippen LogP) is 6.91. The van der Waals surface area contributed by atoms with E-state index in [4.69, 9.17) is 23.7 Å². The summed E-state index contributed by atoms with van der Waals surface area (Å²) in [4.78, 5) is 12.9. The van der Waals surface area contributed by atoms with Crippen molar-refractivity contribution < 1.29 is 28.5 Å². The summed E-state index contributed by atoms with van der Waals surface area (Å²) in [5, 5.41) is 0. The van der Waals surface area contributed by atoms with Crippen LogP contribution >= 0.6 is 8.58 Å². The molecule has 0 N–H and O–H groups in total. The quantitative estimate of drug-likeness (QED) is 0.165. The summed E-state index contributed by atoms with van der Waals surface area (Å²) in [5.74, 6) is 2.88. The van der Waals surface area contributed by atoms with Gasteiger partial charge in [0.2, 0.25) is 0 Å². The summed E-state index contributed by atoms with van der Waals surface area (Å²) in [7, 11) is 7.00. The van der Waals surface area contributed by atoms with Crippen molar-refractivity contribution >= 4 is 14.9 Å². The van der Waals surface area contributed by atoms with Gasteiger partial charge in [0, 0.05) is 28.9 Å². The molecule has 2 unspecified atom stereocenters. The molecule has 0 amide bonds. The smallest absolute Gasteiger partial charge is 0.132 e. The third-order valence-electron chi connectivity index (χ3n) is 7.29. The highest BCUT2D eigenvalue weighted by Crippen LogP contribution is 2.54. The lowest BCUT2D eigenvalue weighted by Crippen LogP contribution is -2.16. The molecule has 6 nitrogen and oxygen atoms in total. The van der Waals surface area contributed by atoms with Gasteiger partial charge in [0.1, 0.15) is 41.6 Å². The molecule has 0 saturated heterocycles. The molecule has 1 aliphatic rings. The van der Waals surface area contributed by atoms with Gasteiger partial charge >= 0.3 is 0 Å². The minimum atomic E-state index is -0.573. The fourth-order valence-corrected chi connectivity index (χ4v) is 6.97. The number of carbonyl (C=O) groups is 1. The van der Waals surface area contributed by atoms with Crippen molar-refractivity contribution in [1.82, 2.24) is 0 Å². The second kappa shape index (κ2) is 12.4. The normalized spacial score (nSPS) is 16.6. The molecule has 0 radical (unpaired) electrons. The van der Waals surface area contributed by atoms with E-state index in [1.165, 1.54) is 0 Å². The largest absolute Gasteiger partial charge is 0.497 e. The molecule has 1 aliphatic heterocycles. The Morgan fingerprint density at radius 3 is 2.02 bits per heavy atom. The van der Waals surface area contributed by atoms with E-state index in [2.05, 4.69) is 12.1 Å². The average Bonchev–Trinajstić information content (AvgIpc) is 3.00. The minimum absolute atomic E-state index is 0.00757. The lowest BCUT2D eigenvalue weighted by Gasteiger charge is -2.31. The van der Waals surface area contributed by atoms with Crippen LogP contribution in [0.3, 0.4) is 0 Å². The Bertz CT molecular complexity index is 1470. The van der Waals surface area contributed by atoms with Gasteiger partial charge in [0.25, 0.3) is 0 Å². The zero-order chi connectivity index (χ0) is 28.1. The molecule has 5 rings (SSSR count). The van der Waals surface area contributed by atoms with Crippen LogP contribution in [0.25, 0.3) is 0 Å². The van der Waals surface area contributed by atoms with Gasteiger partial charge in [-0.25, -0.2) is 0 Å². The van der Waals surface area contributed by atoms with Gasteiger partial charge in [0.05, 0.1) is 34.4 Å². The molecule has 0 aromatic heterocycles. The number of benzene rings is 4. The van der Waals surface area contributed by atoms with Crippen LogP contribution in [0.4, 0.5) is 0 Å². The van der Waals surface area contributed by atoms with Gasteiger partial charge < -0.3 is 28.5 Å². The van der Waals surface area contributed by atoms with Crippen molar-refractivity contribution in [1.29, 1.82) is 0 Å². The first-order valence-electron chi connectivity index (χ1n) is 13.1. The maximum absolute atomic E-state index is 12.9. The predicted molar refractivity (Wildman–Crippen MR) is 158 cm³/mol. The Labute approximate surface area is 237 Å². The maximum atomic E-state index is 12.9. The maximum Gasteiger partial charge on any atom is 0.132 e. The third kappa shape index (κ3) is 5.50. The highest BCUT2D eigenvalue weighted by atomic mass is 31.1. The number of rotatable bonds is 9. The van der Waals surface area contributed by atoms with E-state index in [-0.39, 0.29) is 5.66 Å². The van der Waals surface area contributed by atoms with Crippen LogP contribution in [0.5, 0.6) is 28.7 Å². The Morgan fingerprint density at radius 1 is 0.750 bits per heavy atom. The summed E-state index contributed by atoms with van der Waals surface area (Å²) in [6.07, 6.45) is 1.73. The highest BCUT2D eigenvalue weighted by Gasteiger charge is 2.33. The number of methoxy groups -OCH3 is 4. The average molecular weight is 557 g/mol. The van der Waals surface area contributed by atoms with Gasteiger partial charge in [-0.15, -0.1) is 8.58 Å². The minimum Gasteiger partial charge on any atom is -0.497 e. The van der Waals surface area contributed by atoms with Crippen molar-refractivity contribution in [2.75, 3.05) is 28.4 Å². The van der Waals surface area contributed by atoms with Crippen LogP contribution in [0, 0.1) is 0 Å². The highest BCUT2D eigenvalue weighted by molar-refractivity contribution is 7.38. The number of carbonyl (C=O) groups excluding carboxylic acids is 1. The van der Waals surface area contributed by atoms with Gasteiger partial charge in [-0.05, 0) is 52.7 Å². The molecule has 0 bridgehead atoms. The fraction of sp³-hybridized carbons (Fsp3) is 0.242. The van der Waals surface area contributed by atoms with E-state index in [1.54, 1.807) is 28.4 Å². The van der Waals surface area contributed by atoms with Crippen molar-refractivity contribution in [3.8, 4) is 28.7 Å². The molecule has 206 valence electrons. The first-order chi connectivity index (χ1) is 19.6. The summed E-state index contributed by atoms with van der Waals surface area (Å²) in [6.45, 7) is 0.503. The summed E-state index contributed by atoms with van der Waals surface area (Å²) in [6, 6.07) is 26.0. The second-order valence-corrected chi connectivity index (χ2v) is 10.8. The number of hydrogen-bond acceptors (Lipinski definition) is 6. The van der Waals surface area contributed by atoms with Crippen LogP contribution < -0.4 is 23.7 Å². The topological polar surface area (TPSA) is 63.2 Å². The molecular weight excluding hydrogens is 523 g/mol. The van der Waals surface area contributed by atoms with Crippen molar-refractivity contribution in [2.45, 2.75) is 24.3 Å². The van der Waals surface area contributed by atoms with Crippen LogP contribution in [0.15, 0.2) is 78.9 Å². The summed E-state index contributed by atoms with van der Waals surface area (Å²) < 4.78 is 28.9. The van der Waals surface area contributed by atoms with Crippen LogP contribution in [-0.4, -0.2) is 34.7 Å². The second-order valence-electron chi connectivity index (χ2n) is 9.51. The van der Waals surface area contributed by atoms with E-state index in [9.17, 15) is 4.79 Å². The molecule has 0 aliphatic carbocycles. The van der Waals surface area contributed by atoms with Crippen molar-refractivity contribution in [2.24, 2.45) is 0 Å². The number of hydrogen-bond donors (Lipinski definition) is 0. The van der Waals surface area contributed by atoms with E-state index < -0.39 is 5.92 Å². The Hall–Kier alpha value is -4.02. The lowest BCUT2D eigenvalue weighted by molar-refractivity contribution is -0.108. The zero-order valence-electron chi connectivity index (χ0n) is 23.1. The van der Waals surface area contributed by atoms with Crippen LogP contribution in [0.1, 0.15) is 45.0 Å². The number of aldehydes is 1. The molecule has 7 heteroatoms. The first-order valence-corrected chi connectivity index (χ1v) is 14.3. The van der Waals surface area contributed by atoms with E-state index in [0.717, 1.165) is 51.6 Å². The third-order valence-corrected chi connectivity index (χ3v) is 8.90. The standard InChI is InChI=1S/C33H33O6P/c1-35-25-14-23-20-40-33(22-10-12-24(13-11-22)39-19-21-8-6-5-7-9-21)32-27(15-26(36-2)17-30(32)38-4)28(18-34)31(23)29(16-25)37-3/h5-18,28,33,40H,19-20H2,1-4H3/t28-,33?/m0/s1. The molecule has 4 aromatic rings. The fourth-order valence-electron chi connectivity index (χ4n) is 5.31. The number of ether oxygens (including phenoxy) is 5.